The van der Waals surface area contributed by atoms with E-state index < -0.39 is 0 Å². The third kappa shape index (κ3) is 1.96. The third-order valence-electron chi connectivity index (χ3n) is 2.54. The molecule has 14 heavy (non-hydrogen) atoms. The first kappa shape index (κ1) is 9.28. The second-order valence-corrected chi connectivity index (χ2v) is 3.59. The van der Waals surface area contributed by atoms with Gasteiger partial charge in [-0.2, -0.15) is 0 Å². The zero-order valence-electron chi connectivity index (χ0n) is 8.02. The summed E-state index contributed by atoms with van der Waals surface area (Å²) in [6, 6.07) is 7.40. The Morgan fingerprint density at radius 2 is 2.29 bits per heavy atom. The average molecular weight is 190 g/mol. The van der Waals surface area contributed by atoms with Gasteiger partial charge in [0, 0.05) is 11.5 Å². The number of phenols is 1. The number of benzene rings is 1. The van der Waals surface area contributed by atoms with Gasteiger partial charge in [-0.25, -0.2) is 0 Å². The smallest absolute Gasteiger partial charge is 0.119 e. The molecule has 0 radical (unpaired) electrons. The lowest BCUT2D eigenvalue weighted by Gasteiger charge is -2.12. The van der Waals surface area contributed by atoms with Crippen LogP contribution in [-0.4, -0.2) is 17.8 Å². The molecule has 0 aromatic heterocycles. The van der Waals surface area contributed by atoms with E-state index in [9.17, 15) is 5.11 Å². The van der Waals surface area contributed by atoms with Crippen molar-refractivity contribution in [1.29, 1.82) is 0 Å². The molecule has 1 aliphatic heterocycles. The second kappa shape index (κ2) is 3.84. The van der Waals surface area contributed by atoms with E-state index in [1.54, 1.807) is 6.07 Å². The lowest BCUT2D eigenvalue weighted by molar-refractivity contribution is 0.387. The fraction of sp³-hybridized carbons (Fsp3) is 0.333. The minimum atomic E-state index is 0.198. The Kier molecular flexibility index (Phi) is 2.55. The summed E-state index contributed by atoms with van der Waals surface area (Å²) in [4.78, 5) is 0. The van der Waals surface area contributed by atoms with E-state index in [-0.39, 0.29) is 5.92 Å². The van der Waals surface area contributed by atoms with E-state index in [0.717, 1.165) is 18.6 Å². The molecular weight excluding hydrogens is 176 g/mol. The van der Waals surface area contributed by atoms with Crippen LogP contribution in [-0.2, 0) is 4.74 Å². The van der Waals surface area contributed by atoms with Gasteiger partial charge in [-0.05, 0) is 12.5 Å². The summed E-state index contributed by atoms with van der Waals surface area (Å²) in [6.07, 6.45) is 3.15. The maximum Gasteiger partial charge on any atom is 0.119 e. The van der Waals surface area contributed by atoms with Gasteiger partial charge >= 0.3 is 0 Å². The normalized spacial score (nSPS) is 21.6. The molecule has 2 rings (SSSR count). The van der Waals surface area contributed by atoms with Gasteiger partial charge in [0.1, 0.15) is 5.75 Å². The highest BCUT2D eigenvalue weighted by molar-refractivity contribution is 5.37. The van der Waals surface area contributed by atoms with Gasteiger partial charge in [-0.3, -0.25) is 0 Å². The Labute approximate surface area is 83.8 Å². The van der Waals surface area contributed by atoms with Gasteiger partial charge in [0.2, 0.25) is 0 Å². The van der Waals surface area contributed by atoms with Crippen molar-refractivity contribution in [1.82, 2.24) is 0 Å². The molecule has 0 spiro atoms. The molecule has 1 aliphatic rings. The van der Waals surface area contributed by atoms with Gasteiger partial charge in [-0.15, -0.1) is 6.58 Å². The Hall–Kier alpha value is -1.28. The highest BCUT2D eigenvalue weighted by atomic mass is 16.6. The summed E-state index contributed by atoms with van der Waals surface area (Å²) in [5.74, 6) is 0.543. The van der Waals surface area contributed by atoms with E-state index in [1.807, 2.05) is 24.3 Å². The molecule has 1 saturated heterocycles. The van der Waals surface area contributed by atoms with E-state index in [2.05, 4.69) is 6.58 Å². The zero-order chi connectivity index (χ0) is 9.97. The molecule has 1 aromatic carbocycles. The molecule has 1 heterocycles. The molecule has 0 amide bonds. The van der Waals surface area contributed by atoms with Gasteiger partial charge in [0.05, 0.1) is 12.7 Å². The molecule has 0 aliphatic carbocycles. The van der Waals surface area contributed by atoms with Crippen LogP contribution < -0.4 is 0 Å². The highest BCUT2D eigenvalue weighted by Crippen LogP contribution is 2.32. The number of aromatic hydroxyl groups is 1. The Bertz CT molecular complexity index is 329. The summed E-state index contributed by atoms with van der Waals surface area (Å²) in [6.45, 7) is 4.64. The molecule has 74 valence electrons. The van der Waals surface area contributed by atoms with Crippen molar-refractivity contribution in [2.45, 2.75) is 18.4 Å². The van der Waals surface area contributed by atoms with E-state index >= 15 is 0 Å². The summed E-state index contributed by atoms with van der Waals surface area (Å²) in [5.41, 5.74) is 0.943. The quantitative estimate of drug-likeness (QED) is 0.584. The minimum absolute atomic E-state index is 0.198. The number of ether oxygens (including phenoxy) is 1. The number of hydrogen-bond donors (Lipinski definition) is 1. The van der Waals surface area contributed by atoms with Crippen molar-refractivity contribution in [2.24, 2.45) is 0 Å². The number of hydrogen-bond acceptors (Lipinski definition) is 2. The van der Waals surface area contributed by atoms with E-state index in [0.29, 0.717) is 11.9 Å². The SMILES string of the molecule is C=CC(CC1CO1)c1ccccc1O. The van der Waals surface area contributed by atoms with Crippen molar-refractivity contribution in [3.63, 3.8) is 0 Å². The largest absolute Gasteiger partial charge is 0.508 e. The van der Waals surface area contributed by atoms with Gasteiger partial charge in [0.25, 0.3) is 0 Å². The lowest BCUT2D eigenvalue weighted by Crippen LogP contribution is -1.99. The van der Waals surface area contributed by atoms with Crippen LogP contribution in [0, 0.1) is 0 Å². The van der Waals surface area contributed by atoms with Gasteiger partial charge in [0.15, 0.2) is 0 Å². The molecule has 2 atom stereocenters. The maximum absolute atomic E-state index is 9.66. The summed E-state index contributed by atoms with van der Waals surface area (Å²) < 4.78 is 5.17. The van der Waals surface area contributed by atoms with Gasteiger partial charge < -0.3 is 9.84 Å². The molecule has 2 heteroatoms. The second-order valence-electron chi connectivity index (χ2n) is 3.59. The van der Waals surface area contributed by atoms with Crippen molar-refractivity contribution in [2.75, 3.05) is 6.61 Å². The molecular formula is C12H14O2. The fourth-order valence-electron chi connectivity index (χ4n) is 1.64. The number of para-hydroxylation sites is 1. The summed E-state index contributed by atoms with van der Waals surface area (Å²) in [5, 5.41) is 9.66. The minimum Gasteiger partial charge on any atom is -0.508 e. The predicted molar refractivity (Wildman–Crippen MR) is 55.4 cm³/mol. The molecule has 1 aromatic rings. The van der Waals surface area contributed by atoms with Crippen LogP contribution >= 0.6 is 0 Å². The zero-order valence-corrected chi connectivity index (χ0v) is 8.02. The number of rotatable bonds is 4. The summed E-state index contributed by atoms with van der Waals surface area (Å²) >= 11 is 0. The first-order valence-corrected chi connectivity index (χ1v) is 4.83. The van der Waals surface area contributed by atoms with Crippen LogP contribution in [0.5, 0.6) is 5.75 Å². The van der Waals surface area contributed by atoms with Crippen LogP contribution in [0.15, 0.2) is 36.9 Å². The average Bonchev–Trinajstić information content (AvgIpc) is 2.99. The van der Waals surface area contributed by atoms with E-state index in [4.69, 9.17) is 4.74 Å². The number of epoxide rings is 1. The van der Waals surface area contributed by atoms with E-state index in [1.165, 1.54) is 0 Å². The third-order valence-corrected chi connectivity index (χ3v) is 2.54. The molecule has 0 bridgehead atoms. The van der Waals surface area contributed by atoms with Crippen molar-refractivity contribution in [3.8, 4) is 5.75 Å². The fourth-order valence-corrected chi connectivity index (χ4v) is 1.64. The maximum atomic E-state index is 9.66. The molecule has 2 nitrogen and oxygen atoms in total. The predicted octanol–water partition coefficient (Wildman–Crippen LogP) is 2.45. The first-order chi connectivity index (χ1) is 6.81. The van der Waals surface area contributed by atoms with Crippen LogP contribution in [0.2, 0.25) is 0 Å². The number of phenolic OH excluding ortho intramolecular Hbond substituents is 1. The molecule has 1 N–H and O–H groups in total. The van der Waals surface area contributed by atoms with Crippen LogP contribution in [0.1, 0.15) is 17.9 Å². The lowest BCUT2D eigenvalue weighted by atomic mass is 9.94. The van der Waals surface area contributed by atoms with Crippen LogP contribution in [0.4, 0.5) is 0 Å². The molecule has 0 saturated carbocycles. The molecule has 1 fully saturated rings. The first-order valence-electron chi connectivity index (χ1n) is 4.83. The monoisotopic (exact) mass is 190 g/mol. The van der Waals surface area contributed by atoms with Gasteiger partial charge in [-0.1, -0.05) is 24.3 Å². The summed E-state index contributed by atoms with van der Waals surface area (Å²) in [7, 11) is 0. The topological polar surface area (TPSA) is 32.8 Å². The van der Waals surface area contributed by atoms with Crippen molar-refractivity contribution in [3.05, 3.63) is 42.5 Å². The van der Waals surface area contributed by atoms with Crippen LogP contribution in [0.3, 0.4) is 0 Å². The van der Waals surface area contributed by atoms with Crippen molar-refractivity contribution < 1.29 is 9.84 Å². The highest BCUT2D eigenvalue weighted by Gasteiger charge is 2.26. The Morgan fingerprint density at radius 3 is 2.86 bits per heavy atom. The standard InChI is InChI=1S/C12H14O2/c1-2-9(7-10-8-14-10)11-5-3-4-6-12(11)13/h2-6,9-10,13H,1,7-8H2. The number of allylic oxidation sites excluding steroid dienone is 1. The Morgan fingerprint density at radius 1 is 1.57 bits per heavy atom. The Balaban J connectivity index is 2.16. The molecule has 2 unspecified atom stereocenters. The van der Waals surface area contributed by atoms with Crippen LogP contribution in [0.25, 0.3) is 0 Å². The van der Waals surface area contributed by atoms with Crippen molar-refractivity contribution >= 4 is 0 Å².